The molecule has 1 saturated carbocycles. The Morgan fingerprint density at radius 1 is 0.947 bits per heavy atom. The topological polar surface area (TPSA) is 9.23 Å². The minimum Gasteiger partial charge on any atom is -0.490 e. The van der Waals surface area contributed by atoms with Gasteiger partial charge < -0.3 is 4.74 Å². The second-order valence-electron chi connectivity index (χ2n) is 5.65. The fourth-order valence-electron chi connectivity index (χ4n) is 2.81. The maximum Gasteiger partial charge on any atom is 0.120 e. The monoisotopic (exact) mass is 318 g/mol. The number of ether oxygens (including phenoxy) is 1. The fourth-order valence-corrected chi connectivity index (χ4v) is 3.19. The lowest BCUT2D eigenvalue weighted by Gasteiger charge is -2.27. The first-order valence-corrected chi connectivity index (χ1v) is 7.86. The van der Waals surface area contributed by atoms with Gasteiger partial charge in [0.25, 0.3) is 0 Å². The smallest absolute Gasteiger partial charge is 0.120 e. The van der Waals surface area contributed by atoms with Crippen molar-refractivity contribution in [1.29, 1.82) is 0 Å². The molecule has 0 unspecified atom stereocenters. The molecule has 1 fully saturated rings. The van der Waals surface area contributed by atoms with Gasteiger partial charge in [0.05, 0.1) is 6.10 Å². The second kappa shape index (κ2) is 5.54. The van der Waals surface area contributed by atoms with E-state index in [2.05, 4.69) is 59.3 Å². The first-order chi connectivity index (χ1) is 9.20. The average molecular weight is 319 g/mol. The minimum atomic E-state index is 0.407. The Morgan fingerprint density at radius 3 is 2.42 bits per heavy atom. The van der Waals surface area contributed by atoms with Crippen molar-refractivity contribution in [1.82, 2.24) is 0 Å². The number of rotatable bonds is 2. The summed E-state index contributed by atoms with van der Waals surface area (Å²) in [5, 5.41) is 2.49. The highest BCUT2D eigenvalue weighted by Gasteiger charge is 2.19. The summed E-state index contributed by atoms with van der Waals surface area (Å²) < 4.78 is 7.25. The van der Waals surface area contributed by atoms with Gasteiger partial charge in [-0.25, -0.2) is 0 Å². The molecule has 0 aromatic heterocycles. The van der Waals surface area contributed by atoms with Crippen LogP contribution in [0.4, 0.5) is 0 Å². The number of hydrogen-bond acceptors (Lipinski definition) is 1. The SMILES string of the molecule is C[C@H]1CC[C@@H](Oc2ccc3cc(Br)ccc3c2)CC1. The molecule has 1 aliphatic carbocycles. The van der Waals surface area contributed by atoms with E-state index >= 15 is 0 Å². The van der Waals surface area contributed by atoms with Crippen LogP contribution in [0.3, 0.4) is 0 Å². The summed E-state index contributed by atoms with van der Waals surface area (Å²) in [6, 6.07) is 12.7. The van der Waals surface area contributed by atoms with Crippen molar-refractivity contribution in [3.8, 4) is 5.75 Å². The lowest BCUT2D eigenvalue weighted by Crippen LogP contribution is -2.22. The molecule has 1 aliphatic rings. The summed E-state index contributed by atoms with van der Waals surface area (Å²) >= 11 is 3.50. The van der Waals surface area contributed by atoms with Gasteiger partial charge in [0.15, 0.2) is 0 Å². The van der Waals surface area contributed by atoms with Gasteiger partial charge in [0, 0.05) is 4.47 Å². The van der Waals surface area contributed by atoms with Crippen LogP contribution in [0.2, 0.25) is 0 Å². The largest absolute Gasteiger partial charge is 0.490 e. The number of benzene rings is 2. The molecule has 0 radical (unpaired) electrons. The third-order valence-corrected chi connectivity index (χ3v) is 4.53. The van der Waals surface area contributed by atoms with Crippen LogP contribution in [0.1, 0.15) is 32.6 Å². The van der Waals surface area contributed by atoms with Crippen LogP contribution in [0, 0.1) is 5.92 Å². The molecule has 0 heterocycles. The number of halogens is 1. The third kappa shape index (κ3) is 3.11. The molecule has 0 bridgehead atoms. The second-order valence-corrected chi connectivity index (χ2v) is 6.57. The molecule has 2 aromatic carbocycles. The highest BCUT2D eigenvalue weighted by Crippen LogP contribution is 2.29. The predicted octanol–water partition coefficient (Wildman–Crippen LogP) is 5.56. The predicted molar refractivity (Wildman–Crippen MR) is 83.7 cm³/mol. The highest BCUT2D eigenvalue weighted by atomic mass is 79.9. The Bertz CT molecular complexity index is 570. The zero-order valence-electron chi connectivity index (χ0n) is 11.2. The van der Waals surface area contributed by atoms with E-state index in [1.807, 2.05) is 0 Å². The van der Waals surface area contributed by atoms with Crippen molar-refractivity contribution in [3.05, 3.63) is 40.9 Å². The molecular weight excluding hydrogens is 300 g/mol. The van der Waals surface area contributed by atoms with Crippen molar-refractivity contribution in [2.45, 2.75) is 38.7 Å². The first-order valence-electron chi connectivity index (χ1n) is 7.07. The normalized spacial score (nSPS) is 23.5. The molecule has 2 aromatic rings. The Balaban J connectivity index is 1.76. The van der Waals surface area contributed by atoms with Crippen molar-refractivity contribution < 1.29 is 4.74 Å². The zero-order valence-corrected chi connectivity index (χ0v) is 12.8. The summed E-state index contributed by atoms with van der Waals surface area (Å²) in [7, 11) is 0. The van der Waals surface area contributed by atoms with Crippen molar-refractivity contribution in [3.63, 3.8) is 0 Å². The van der Waals surface area contributed by atoms with E-state index in [0.717, 1.165) is 16.1 Å². The number of fused-ring (bicyclic) bond motifs is 1. The van der Waals surface area contributed by atoms with Crippen LogP contribution >= 0.6 is 15.9 Å². The van der Waals surface area contributed by atoms with E-state index in [1.165, 1.54) is 36.5 Å². The lowest BCUT2D eigenvalue weighted by molar-refractivity contribution is 0.136. The molecule has 0 amide bonds. The molecule has 0 spiro atoms. The molecule has 100 valence electrons. The van der Waals surface area contributed by atoms with Gasteiger partial charge >= 0.3 is 0 Å². The molecule has 0 saturated heterocycles. The van der Waals surface area contributed by atoms with Gasteiger partial charge in [-0.05, 0) is 66.6 Å². The van der Waals surface area contributed by atoms with Crippen LogP contribution in [0.25, 0.3) is 10.8 Å². The van der Waals surface area contributed by atoms with E-state index < -0.39 is 0 Å². The molecule has 0 N–H and O–H groups in total. The van der Waals surface area contributed by atoms with Crippen molar-refractivity contribution in [2.24, 2.45) is 5.92 Å². The van der Waals surface area contributed by atoms with Gasteiger partial charge in [-0.15, -0.1) is 0 Å². The maximum atomic E-state index is 6.13. The van der Waals surface area contributed by atoms with E-state index in [0.29, 0.717) is 6.10 Å². The standard InChI is InChI=1S/C17H19BrO/c1-12-2-7-16(8-3-12)19-17-9-5-13-10-15(18)6-4-14(13)11-17/h4-6,9-12,16H,2-3,7-8H2,1H3/t12-,16+. The van der Waals surface area contributed by atoms with Gasteiger partial charge in [-0.1, -0.05) is 35.0 Å². The Labute approximate surface area is 123 Å². The van der Waals surface area contributed by atoms with Crippen LogP contribution in [-0.2, 0) is 0 Å². The van der Waals surface area contributed by atoms with Crippen LogP contribution < -0.4 is 4.74 Å². The quantitative estimate of drug-likeness (QED) is 0.704. The molecule has 0 atom stereocenters. The van der Waals surface area contributed by atoms with Gasteiger partial charge in [0.1, 0.15) is 5.75 Å². The first kappa shape index (κ1) is 13.0. The molecule has 3 rings (SSSR count). The molecule has 0 aliphatic heterocycles. The van der Waals surface area contributed by atoms with Gasteiger partial charge in [0.2, 0.25) is 0 Å². The van der Waals surface area contributed by atoms with Gasteiger partial charge in [-0.2, -0.15) is 0 Å². The molecule has 19 heavy (non-hydrogen) atoms. The van der Waals surface area contributed by atoms with E-state index in [9.17, 15) is 0 Å². The summed E-state index contributed by atoms with van der Waals surface area (Å²) in [6.45, 7) is 2.34. The summed E-state index contributed by atoms with van der Waals surface area (Å²) in [4.78, 5) is 0. The molecule has 2 heteroatoms. The summed E-state index contributed by atoms with van der Waals surface area (Å²) in [6.07, 6.45) is 5.39. The van der Waals surface area contributed by atoms with Crippen LogP contribution in [0.15, 0.2) is 40.9 Å². The van der Waals surface area contributed by atoms with Crippen LogP contribution in [-0.4, -0.2) is 6.10 Å². The van der Waals surface area contributed by atoms with E-state index in [4.69, 9.17) is 4.74 Å². The lowest BCUT2D eigenvalue weighted by atomic mass is 9.89. The zero-order chi connectivity index (χ0) is 13.2. The average Bonchev–Trinajstić information content (AvgIpc) is 2.42. The third-order valence-electron chi connectivity index (χ3n) is 4.04. The minimum absolute atomic E-state index is 0.407. The molecular formula is C17H19BrO. The number of hydrogen-bond donors (Lipinski definition) is 0. The Hall–Kier alpha value is -1.02. The highest BCUT2D eigenvalue weighted by molar-refractivity contribution is 9.10. The van der Waals surface area contributed by atoms with Gasteiger partial charge in [-0.3, -0.25) is 0 Å². The molecule has 1 nitrogen and oxygen atoms in total. The van der Waals surface area contributed by atoms with Crippen LogP contribution in [0.5, 0.6) is 5.75 Å². The van der Waals surface area contributed by atoms with E-state index in [-0.39, 0.29) is 0 Å². The van der Waals surface area contributed by atoms with Crippen molar-refractivity contribution in [2.75, 3.05) is 0 Å². The Kier molecular flexibility index (Phi) is 3.79. The van der Waals surface area contributed by atoms with Crippen molar-refractivity contribution >= 4 is 26.7 Å². The Morgan fingerprint density at radius 2 is 1.63 bits per heavy atom. The summed E-state index contributed by atoms with van der Waals surface area (Å²) in [5.74, 6) is 1.88. The summed E-state index contributed by atoms with van der Waals surface area (Å²) in [5.41, 5.74) is 0. The van der Waals surface area contributed by atoms with E-state index in [1.54, 1.807) is 0 Å². The fraction of sp³-hybridized carbons (Fsp3) is 0.412. The maximum absolute atomic E-state index is 6.13.